The van der Waals surface area contributed by atoms with Gasteiger partial charge in [0, 0.05) is 18.6 Å². The molecule has 0 aromatic carbocycles. The van der Waals surface area contributed by atoms with Crippen LogP contribution in [0.5, 0.6) is 0 Å². The number of carbonyl (C=O) groups excluding carboxylic acids is 1. The zero-order valence-electron chi connectivity index (χ0n) is 12.6. The Hall–Kier alpha value is -1.14. The molecule has 1 aromatic heterocycles. The third-order valence-electron chi connectivity index (χ3n) is 3.20. The number of rotatable bonds is 4. The molecule has 1 fully saturated rings. The predicted octanol–water partition coefficient (Wildman–Crippen LogP) is 2.99. The minimum atomic E-state index is -0.447. The summed E-state index contributed by atoms with van der Waals surface area (Å²) in [5, 5.41) is 6.32. The van der Waals surface area contributed by atoms with Crippen molar-refractivity contribution in [1.82, 2.24) is 15.6 Å². The molecular formula is C15H22BrN3O2. The van der Waals surface area contributed by atoms with Crippen molar-refractivity contribution in [2.75, 3.05) is 0 Å². The summed E-state index contributed by atoms with van der Waals surface area (Å²) in [6, 6.07) is 6.50. The zero-order chi connectivity index (χ0) is 15.5. The van der Waals surface area contributed by atoms with Crippen LogP contribution in [-0.4, -0.2) is 28.8 Å². The highest BCUT2D eigenvalue weighted by atomic mass is 79.9. The molecule has 0 unspecified atom stereocenters. The first kappa shape index (κ1) is 16.2. The Bertz CT molecular complexity index is 496. The van der Waals surface area contributed by atoms with Crippen molar-refractivity contribution in [2.45, 2.75) is 57.8 Å². The van der Waals surface area contributed by atoms with E-state index in [0.29, 0.717) is 6.04 Å². The van der Waals surface area contributed by atoms with E-state index in [4.69, 9.17) is 4.74 Å². The molecule has 0 saturated heterocycles. The van der Waals surface area contributed by atoms with Crippen LogP contribution in [0.3, 0.4) is 0 Å². The molecule has 1 aliphatic rings. The Kier molecular flexibility index (Phi) is 5.22. The number of ether oxygens (including phenoxy) is 1. The standard InChI is InChI=1S/C15H22BrN3O2/c1-15(2,3)21-14(20)19-12-7-11(8-12)17-9-10-5-4-6-13(16)18-10/h4-6,11-12,17H,7-9H2,1-3H3,(H,19,20). The van der Waals surface area contributed by atoms with E-state index in [1.165, 1.54) is 0 Å². The Labute approximate surface area is 134 Å². The van der Waals surface area contributed by atoms with Crippen LogP contribution < -0.4 is 10.6 Å². The molecule has 5 nitrogen and oxygen atoms in total. The van der Waals surface area contributed by atoms with Crippen LogP contribution in [0.4, 0.5) is 4.79 Å². The van der Waals surface area contributed by atoms with Gasteiger partial charge in [0.1, 0.15) is 10.2 Å². The average molecular weight is 356 g/mol. The minimum absolute atomic E-state index is 0.202. The first-order valence-electron chi connectivity index (χ1n) is 7.16. The SMILES string of the molecule is CC(C)(C)OC(=O)NC1CC(NCc2cccc(Br)n2)C1. The van der Waals surface area contributed by atoms with Gasteiger partial charge in [-0.1, -0.05) is 6.07 Å². The fourth-order valence-electron chi connectivity index (χ4n) is 2.17. The van der Waals surface area contributed by atoms with Crippen LogP contribution in [0.1, 0.15) is 39.3 Å². The maximum absolute atomic E-state index is 11.6. The maximum Gasteiger partial charge on any atom is 0.407 e. The van der Waals surface area contributed by atoms with E-state index >= 15 is 0 Å². The van der Waals surface area contributed by atoms with Crippen molar-refractivity contribution < 1.29 is 9.53 Å². The molecule has 116 valence electrons. The number of hydrogen-bond acceptors (Lipinski definition) is 4. The molecule has 0 bridgehead atoms. The molecule has 1 saturated carbocycles. The monoisotopic (exact) mass is 355 g/mol. The van der Waals surface area contributed by atoms with Crippen LogP contribution in [0, 0.1) is 0 Å². The maximum atomic E-state index is 11.6. The Morgan fingerprint density at radius 3 is 2.71 bits per heavy atom. The highest BCUT2D eigenvalue weighted by Gasteiger charge is 2.31. The van der Waals surface area contributed by atoms with Gasteiger partial charge in [-0.25, -0.2) is 9.78 Å². The van der Waals surface area contributed by atoms with Gasteiger partial charge in [0.05, 0.1) is 5.69 Å². The molecule has 0 atom stereocenters. The second kappa shape index (κ2) is 6.75. The highest BCUT2D eigenvalue weighted by Crippen LogP contribution is 2.21. The Morgan fingerprint density at radius 2 is 2.10 bits per heavy atom. The lowest BCUT2D eigenvalue weighted by atomic mass is 9.87. The number of hydrogen-bond donors (Lipinski definition) is 2. The summed E-state index contributed by atoms with van der Waals surface area (Å²) < 4.78 is 6.08. The van der Waals surface area contributed by atoms with Gasteiger partial charge < -0.3 is 15.4 Å². The number of carbonyl (C=O) groups is 1. The summed E-state index contributed by atoms with van der Waals surface area (Å²) in [5.41, 5.74) is 0.561. The van der Waals surface area contributed by atoms with E-state index in [-0.39, 0.29) is 12.1 Å². The molecule has 1 amide bonds. The molecule has 2 rings (SSSR count). The molecule has 1 aromatic rings. The lowest BCUT2D eigenvalue weighted by molar-refractivity contribution is 0.0465. The predicted molar refractivity (Wildman–Crippen MR) is 85.0 cm³/mol. The zero-order valence-corrected chi connectivity index (χ0v) is 14.2. The molecule has 0 spiro atoms. The highest BCUT2D eigenvalue weighted by molar-refractivity contribution is 9.10. The van der Waals surface area contributed by atoms with Gasteiger partial charge in [0.2, 0.25) is 0 Å². The second-order valence-corrected chi connectivity index (χ2v) is 7.16. The summed E-state index contributed by atoms with van der Waals surface area (Å²) in [6.45, 7) is 6.33. The van der Waals surface area contributed by atoms with Crippen LogP contribution in [0.25, 0.3) is 0 Å². The number of nitrogens with one attached hydrogen (secondary N) is 2. The number of nitrogens with zero attached hydrogens (tertiary/aromatic N) is 1. The Balaban J connectivity index is 1.64. The minimum Gasteiger partial charge on any atom is -0.444 e. The third-order valence-corrected chi connectivity index (χ3v) is 3.65. The summed E-state index contributed by atoms with van der Waals surface area (Å²) in [5.74, 6) is 0. The number of halogens is 1. The van der Waals surface area contributed by atoms with Gasteiger partial charge in [-0.3, -0.25) is 0 Å². The second-order valence-electron chi connectivity index (χ2n) is 6.34. The van der Waals surface area contributed by atoms with Crippen LogP contribution in [0.2, 0.25) is 0 Å². The van der Waals surface area contributed by atoms with Crippen molar-refractivity contribution >= 4 is 22.0 Å². The average Bonchev–Trinajstić information content (AvgIpc) is 2.29. The number of pyridine rings is 1. The third kappa shape index (κ3) is 5.63. The van der Waals surface area contributed by atoms with E-state index < -0.39 is 5.60 Å². The van der Waals surface area contributed by atoms with E-state index in [2.05, 4.69) is 31.5 Å². The van der Waals surface area contributed by atoms with Gasteiger partial charge in [-0.05, 0) is 61.7 Å². The fraction of sp³-hybridized carbons (Fsp3) is 0.600. The number of aromatic nitrogens is 1. The van der Waals surface area contributed by atoms with Gasteiger partial charge in [0.25, 0.3) is 0 Å². The smallest absolute Gasteiger partial charge is 0.407 e. The van der Waals surface area contributed by atoms with E-state index in [1.54, 1.807) is 0 Å². The van der Waals surface area contributed by atoms with Crippen molar-refractivity contribution in [3.05, 3.63) is 28.5 Å². The van der Waals surface area contributed by atoms with Gasteiger partial charge in [-0.2, -0.15) is 0 Å². The Morgan fingerprint density at radius 1 is 1.38 bits per heavy atom. The molecule has 0 radical (unpaired) electrons. The molecular weight excluding hydrogens is 334 g/mol. The van der Waals surface area contributed by atoms with Gasteiger partial charge in [0.15, 0.2) is 0 Å². The first-order valence-corrected chi connectivity index (χ1v) is 7.95. The van der Waals surface area contributed by atoms with Gasteiger partial charge >= 0.3 is 6.09 Å². The van der Waals surface area contributed by atoms with Crippen molar-refractivity contribution in [3.8, 4) is 0 Å². The normalized spacial score (nSPS) is 21.5. The molecule has 1 aliphatic carbocycles. The van der Waals surface area contributed by atoms with Crippen molar-refractivity contribution in [3.63, 3.8) is 0 Å². The molecule has 0 aliphatic heterocycles. The molecule has 6 heteroatoms. The van der Waals surface area contributed by atoms with Crippen molar-refractivity contribution in [2.24, 2.45) is 0 Å². The van der Waals surface area contributed by atoms with E-state index in [1.807, 2.05) is 39.0 Å². The molecule has 21 heavy (non-hydrogen) atoms. The molecule has 2 N–H and O–H groups in total. The summed E-state index contributed by atoms with van der Waals surface area (Å²) in [6.07, 6.45) is 1.51. The lowest BCUT2D eigenvalue weighted by Gasteiger charge is -2.36. The fourth-order valence-corrected chi connectivity index (χ4v) is 2.55. The number of amides is 1. The van der Waals surface area contributed by atoms with Crippen molar-refractivity contribution in [1.29, 1.82) is 0 Å². The van der Waals surface area contributed by atoms with Crippen LogP contribution in [0.15, 0.2) is 22.8 Å². The quantitative estimate of drug-likeness (QED) is 0.815. The van der Waals surface area contributed by atoms with Gasteiger partial charge in [-0.15, -0.1) is 0 Å². The molecule has 1 heterocycles. The van der Waals surface area contributed by atoms with E-state index in [0.717, 1.165) is 29.7 Å². The first-order chi connectivity index (χ1) is 9.82. The summed E-state index contributed by atoms with van der Waals surface area (Å²) in [7, 11) is 0. The van der Waals surface area contributed by atoms with Crippen LogP contribution in [-0.2, 0) is 11.3 Å². The topological polar surface area (TPSA) is 63.2 Å². The largest absolute Gasteiger partial charge is 0.444 e. The number of alkyl carbamates (subject to hydrolysis) is 1. The lowest BCUT2D eigenvalue weighted by Crippen LogP contribution is -2.53. The summed E-state index contributed by atoms with van der Waals surface area (Å²) in [4.78, 5) is 16.0. The summed E-state index contributed by atoms with van der Waals surface area (Å²) >= 11 is 3.36. The van der Waals surface area contributed by atoms with Crippen LogP contribution >= 0.6 is 15.9 Å². The van der Waals surface area contributed by atoms with E-state index in [9.17, 15) is 4.79 Å².